The summed E-state index contributed by atoms with van der Waals surface area (Å²) in [5.41, 5.74) is 1.51. The van der Waals surface area contributed by atoms with E-state index in [-0.39, 0.29) is 12.0 Å². The number of benzene rings is 1. The minimum Gasteiger partial charge on any atom is -0.496 e. The van der Waals surface area contributed by atoms with Crippen LogP contribution in [0.2, 0.25) is 0 Å². The van der Waals surface area contributed by atoms with Crippen LogP contribution in [0.3, 0.4) is 0 Å². The Morgan fingerprint density at radius 1 is 1.15 bits per heavy atom. The Kier molecular flexibility index (Phi) is 6.58. The lowest BCUT2D eigenvalue weighted by Gasteiger charge is -2.26. The Bertz CT molecular complexity index is 670. The second-order valence-electron chi connectivity index (χ2n) is 7.61. The second kappa shape index (κ2) is 9.11. The summed E-state index contributed by atoms with van der Waals surface area (Å²) in [5.74, 6) is 0.787. The van der Waals surface area contributed by atoms with E-state index in [1.54, 1.807) is 13.2 Å². The molecule has 0 radical (unpaired) electrons. The Balaban J connectivity index is 1.59. The van der Waals surface area contributed by atoms with Crippen LogP contribution in [-0.2, 0) is 11.2 Å². The number of esters is 1. The molecule has 27 heavy (non-hydrogen) atoms. The number of likely N-dealkylation sites (tertiary alicyclic amines) is 1. The summed E-state index contributed by atoms with van der Waals surface area (Å²) in [6.07, 6.45) is 7.64. The molecule has 1 saturated carbocycles. The first kappa shape index (κ1) is 19.5. The summed E-state index contributed by atoms with van der Waals surface area (Å²) in [4.78, 5) is 26.3. The lowest BCUT2D eigenvalue weighted by atomic mass is 9.96. The van der Waals surface area contributed by atoms with E-state index in [1.165, 1.54) is 26.4 Å². The van der Waals surface area contributed by atoms with E-state index in [2.05, 4.69) is 5.32 Å². The number of hydrogen-bond acceptors (Lipinski definition) is 4. The molecule has 6 nitrogen and oxygen atoms in total. The molecule has 1 saturated heterocycles. The zero-order valence-electron chi connectivity index (χ0n) is 16.3. The highest BCUT2D eigenvalue weighted by atomic mass is 16.5. The maximum absolute atomic E-state index is 12.5. The third-order valence-electron chi connectivity index (χ3n) is 5.72. The summed E-state index contributed by atoms with van der Waals surface area (Å²) in [5, 5.41) is 3.20. The summed E-state index contributed by atoms with van der Waals surface area (Å²) in [6.45, 7) is 1.52. The molecule has 6 heteroatoms. The van der Waals surface area contributed by atoms with Crippen LogP contribution in [-0.4, -0.2) is 50.3 Å². The fourth-order valence-corrected chi connectivity index (χ4v) is 4.19. The van der Waals surface area contributed by atoms with Gasteiger partial charge >= 0.3 is 12.0 Å². The number of hydrogen-bond donors (Lipinski definition) is 1. The maximum Gasteiger partial charge on any atom is 0.337 e. The molecule has 0 bridgehead atoms. The molecule has 3 rings (SSSR count). The van der Waals surface area contributed by atoms with Gasteiger partial charge in [-0.1, -0.05) is 19.3 Å². The number of carbonyl (C=O) groups excluding carboxylic acids is 2. The molecular formula is C21H30N2O4. The van der Waals surface area contributed by atoms with Crippen LogP contribution < -0.4 is 10.1 Å². The number of rotatable bonds is 5. The average Bonchev–Trinajstić information content (AvgIpc) is 3.17. The Labute approximate surface area is 161 Å². The molecule has 1 N–H and O–H groups in total. The van der Waals surface area contributed by atoms with Gasteiger partial charge in [-0.3, -0.25) is 0 Å². The molecule has 1 aliphatic carbocycles. The predicted molar refractivity (Wildman–Crippen MR) is 103 cm³/mol. The number of carbonyl (C=O) groups is 2. The predicted octanol–water partition coefficient (Wildman–Crippen LogP) is 3.39. The Hall–Kier alpha value is -2.24. The topological polar surface area (TPSA) is 67.9 Å². The minimum atomic E-state index is -0.348. The third-order valence-corrected chi connectivity index (χ3v) is 5.72. The van der Waals surface area contributed by atoms with E-state index in [0.29, 0.717) is 17.5 Å². The molecule has 1 aromatic rings. The van der Waals surface area contributed by atoms with Gasteiger partial charge in [-0.2, -0.15) is 0 Å². The summed E-state index contributed by atoms with van der Waals surface area (Å²) >= 11 is 0. The van der Waals surface area contributed by atoms with Gasteiger partial charge in [0.15, 0.2) is 0 Å². The van der Waals surface area contributed by atoms with Crippen LogP contribution in [0.4, 0.5) is 4.79 Å². The molecular weight excluding hydrogens is 344 g/mol. The molecule has 1 unspecified atom stereocenters. The standard InChI is InChI=1S/C21H30N2O4/c1-26-19-9-8-16(20(24)27-2)13-17(19)12-15-10-11-23(14-15)21(25)22-18-6-4-3-5-7-18/h8-9,13,15,18H,3-7,10-12,14H2,1-2H3,(H,22,25). The number of ether oxygens (including phenoxy) is 2. The van der Waals surface area contributed by atoms with Crippen molar-refractivity contribution in [3.8, 4) is 5.75 Å². The van der Waals surface area contributed by atoms with Crippen LogP contribution in [0, 0.1) is 5.92 Å². The van der Waals surface area contributed by atoms with E-state index in [0.717, 1.165) is 50.1 Å². The van der Waals surface area contributed by atoms with Crippen LogP contribution in [0.1, 0.15) is 54.4 Å². The molecule has 0 spiro atoms. The van der Waals surface area contributed by atoms with Crippen molar-refractivity contribution in [2.24, 2.45) is 5.92 Å². The summed E-state index contributed by atoms with van der Waals surface area (Å²) in [7, 11) is 3.02. The second-order valence-corrected chi connectivity index (χ2v) is 7.61. The Morgan fingerprint density at radius 2 is 1.93 bits per heavy atom. The number of amides is 2. The SMILES string of the molecule is COC(=O)c1ccc(OC)c(CC2CCN(C(=O)NC3CCCCC3)C2)c1. The first-order valence-electron chi connectivity index (χ1n) is 9.91. The molecule has 1 atom stereocenters. The number of nitrogens with zero attached hydrogens (tertiary/aromatic N) is 1. The van der Waals surface area contributed by atoms with E-state index >= 15 is 0 Å². The molecule has 1 aliphatic heterocycles. The van der Waals surface area contributed by atoms with Crippen molar-refractivity contribution < 1.29 is 19.1 Å². The smallest absolute Gasteiger partial charge is 0.337 e. The average molecular weight is 374 g/mol. The first-order valence-corrected chi connectivity index (χ1v) is 9.91. The van der Waals surface area contributed by atoms with Gasteiger partial charge in [-0.05, 0) is 55.4 Å². The van der Waals surface area contributed by atoms with Gasteiger partial charge in [-0.25, -0.2) is 9.59 Å². The monoisotopic (exact) mass is 374 g/mol. The fraction of sp³-hybridized carbons (Fsp3) is 0.619. The highest BCUT2D eigenvalue weighted by Gasteiger charge is 2.28. The number of methoxy groups -OCH3 is 2. The van der Waals surface area contributed by atoms with Gasteiger partial charge in [0.2, 0.25) is 0 Å². The molecule has 1 aromatic carbocycles. The lowest BCUT2D eigenvalue weighted by Crippen LogP contribution is -2.44. The lowest BCUT2D eigenvalue weighted by molar-refractivity contribution is 0.0600. The third kappa shape index (κ3) is 4.93. The van der Waals surface area contributed by atoms with E-state index in [4.69, 9.17) is 9.47 Å². The summed E-state index contributed by atoms with van der Waals surface area (Å²) < 4.78 is 10.3. The van der Waals surface area contributed by atoms with Gasteiger partial charge in [0.1, 0.15) is 5.75 Å². The van der Waals surface area contributed by atoms with Crippen molar-refractivity contribution in [3.63, 3.8) is 0 Å². The van der Waals surface area contributed by atoms with Crippen LogP contribution in [0.15, 0.2) is 18.2 Å². The van der Waals surface area contributed by atoms with Crippen LogP contribution in [0.25, 0.3) is 0 Å². The van der Waals surface area contributed by atoms with Crippen molar-refractivity contribution in [2.75, 3.05) is 27.3 Å². The zero-order valence-corrected chi connectivity index (χ0v) is 16.3. The molecule has 2 amide bonds. The number of nitrogens with one attached hydrogen (secondary N) is 1. The fourth-order valence-electron chi connectivity index (χ4n) is 4.19. The minimum absolute atomic E-state index is 0.0691. The molecule has 2 aliphatic rings. The van der Waals surface area contributed by atoms with Crippen molar-refractivity contribution in [1.82, 2.24) is 10.2 Å². The highest BCUT2D eigenvalue weighted by Crippen LogP contribution is 2.28. The van der Waals surface area contributed by atoms with Crippen LogP contribution in [0.5, 0.6) is 5.75 Å². The van der Waals surface area contributed by atoms with Gasteiger partial charge in [0, 0.05) is 19.1 Å². The van der Waals surface area contributed by atoms with E-state index < -0.39 is 0 Å². The quantitative estimate of drug-likeness (QED) is 0.802. The highest BCUT2D eigenvalue weighted by molar-refractivity contribution is 5.89. The van der Waals surface area contributed by atoms with Gasteiger partial charge in [0.25, 0.3) is 0 Å². The zero-order chi connectivity index (χ0) is 19.2. The van der Waals surface area contributed by atoms with Gasteiger partial charge < -0.3 is 19.7 Å². The van der Waals surface area contributed by atoms with Gasteiger partial charge in [-0.15, -0.1) is 0 Å². The van der Waals surface area contributed by atoms with E-state index in [1.807, 2.05) is 17.0 Å². The molecule has 1 heterocycles. The van der Waals surface area contributed by atoms with Crippen molar-refractivity contribution in [3.05, 3.63) is 29.3 Å². The van der Waals surface area contributed by atoms with Crippen LogP contribution >= 0.6 is 0 Å². The Morgan fingerprint density at radius 3 is 2.63 bits per heavy atom. The summed E-state index contributed by atoms with van der Waals surface area (Å²) in [6, 6.07) is 5.77. The number of urea groups is 1. The van der Waals surface area contributed by atoms with E-state index in [9.17, 15) is 9.59 Å². The van der Waals surface area contributed by atoms with Crippen molar-refractivity contribution in [1.29, 1.82) is 0 Å². The van der Waals surface area contributed by atoms with Crippen molar-refractivity contribution in [2.45, 2.75) is 51.0 Å². The molecule has 148 valence electrons. The largest absolute Gasteiger partial charge is 0.496 e. The normalized spacial score (nSPS) is 20.4. The molecule has 2 fully saturated rings. The van der Waals surface area contributed by atoms with Gasteiger partial charge in [0.05, 0.1) is 19.8 Å². The maximum atomic E-state index is 12.5. The van der Waals surface area contributed by atoms with Crippen molar-refractivity contribution >= 4 is 12.0 Å². The molecule has 0 aromatic heterocycles. The first-order chi connectivity index (χ1) is 13.1.